The fourth-order valence-corrected chi connectivity index (χ4v) is 5.27. The Kier molecular flexibility index (Phi) is 7.09. The lowest BCUT2D eigenvalue weighted by atomic mass is 9.69. The van der Waals surface area contributed by atoms with Gasteiger partial charge in [-0.25, -0.2) is 0 Å². The third-order valence-electron chi connectivity index (χ3n) is 7.28. The van der Waals surface area contributed by atoms with Gasteiger partial charge in [-0.3, -0.25) is 9.69 Å². The third kappa shape index (κ3) is 5.29. The van der Waals surface area contributed by atoms with Crippen LogP contribution in [0.2, 0.25) is 0 Å². The molecule has 3 unspecified atom stereocenters. The normalized spacial score (nSPS) is 24.6. The van der Waals surface area contributed by atoms with Gasteiger partial charge in [0.1, 0.15) is 0 Å². The van der Waals surface area contributed by atoms with Gasteiger partial charge < -0.3 is 9.32 Å². The Morgan fingerprint density at radius 2 is 1.84 bits per heavy atom. The molecular formula is C26H36N4O2. The highest BCUT2D eigenvalue weighted by molar-refractivity contribution is 5.73. The van der Waals surface area contributed by atoms with E-state index in [0.717, 1.165) is 57.0 Å². The molecule has 0 N–H and O–H groups in total. The molecule has 0 bridgehead atoms. The maximum Gasteiger partial charge on any atom is 0.247 e. The van der Waals surface area contributed by atoms with Crippen LogP contribution in [-0.4, -0.2) is 58.6 Å². The molecule has 0 spiro atoms. The van der Waals surface area contributed by atoms with Crippen LogP contribution in [0.4, 0.5) is 0 Å². The van der Waals surface area contributed by atoms with Gasteiger partial charge in [0, 0.05) is 51.6 Å². The van der Waals surface area contributed by atoms with Crippen LogP contribution in [0.3, 0.4) is 0 Å². The zero-order valence-corrected chi connectivity index (χ0v) is 19.8. The molecule has 0 radical (unpaired) electrons. The summed E-state index contributed by atoms with van der Waals surface area (Å²) in [5, 5.41) is 8.61. The number of aromatic nitrogens is 2. The van der Waals surface area contributed by atoms with Crippen molar-refractivity contribution in [1.82, 2.24) is 20.0 Å². The summed E-state index contributed by atoms with van der Waals surface area (Å²) in [5.41, 5.74) is 2.40. The molecule has 1 saturated heterocycles. The number of piperazine rings is 1. The van der Waals surface area contributed by atoms with Gasteiger partial charge in [0.05, 0.1) is 0 Å². The first-order valence-corrected chi connectivity index (χ1v) is 11.9. The minimum atomic E-state index is 0.192. The van der Waals surface area contributed by atoms with Crippen LogP contribution in [0.1, 0.15) is 40.0 Å². The predicted molar refractivity (Wildman–Crippen MR) is 126 cm³/mol. The molecule has 2 aromatic rings. The van der Waals surface area contributed by atoms with E-state index >= 15 is 0 Å². The van der Waals surface area contributed by atoms with Crippen LogP contribution in [0.5, 0.6) is 0 Å². The van der Waals surface area contributed by atoms with Gasteiger partial charge in [0.15, 0.2) is 0 Å². The Hall–Kier alpha value is -2.47. The highest BCUT2D eigenvalue weighted by atomic mass is 16.4. The van der Waals surface area contributed by atoms with Crippen molar-refractivity contribution >= 4 is 5.91 Å². The van der Waals surface area contributed by atoms with Gasteiger partial charge in [-0.1, -0.05) is 43.7 Å². The first-order valence-electron chi connectivity index (χ1n) is 11.9. The average Bonchev–Trinajstić information content (AvgIpc) is 3.25. The van der Waals surface area contributed by atoms with E-state index < -0.39 is 0 Å². The van der Waals surface area contributed by atoms with Crippen molar-refractivity contribution in [3.8, 4) is 11.5 Å². The van der Waals surface area contributed by atoms with Gasteiger partial charge in [-0.2, -0.15) is 0 Å². The Morgan fingerprint density at radius 3 is 2.50 bits per heavy atom. The Labute approximate surface area is 191 Å². The summed E-state index contributed by atoms with van der Waals surface area (Å²) in [6, 6.07) is 9.96. The lowest BCUT2D eigenvalue weighted by Gasteiger charge is -2.41. The largest absolute Gasteiger partial charge is 0.421 e. The average molecular weight is 437 g/mol. The van der Waals surface area contributed by atoms with Crippen LogP contribution >= 0.6 is 0 Å². The van der Waals surface area contributed by atoms with E-state index in [1.54, 1.807) is 6.92 Å². The second kappa shape index (κ2) is 9.99. The summed E-state index contributed by atoms with van der Waals surface area (Å²) in [7, 11) is 0. The maximum atomic E-state index is 11.6. The monoisotopic (exact) mass is 436 g/mol. The minimum Gasteiger partial charge on any atom is -0.421 e. The molecule has 0 saturated carbocycles. The summed E-state index contributed by atoms with van der Waals surface area (Å²) in [6.07, 6.45) is 4.46. The van der Waals surface area contributed by atoms with Crippen molar-refractivity contribution in [3.63, 3.8) is 0 Å². The van der Waals surface area contributed by atoms with Crippen molar-refractivity contribution in [3.05, 3.63) is 47.9 Å². The topological polar surface area (TPSA) is 62.5 Å². The van der Waals surface area contributed by atoms with Gasteiger partial charge in [-0.05, 0) is 49.1 Å². The van der Waals surface area contributed by atoms with E-state index in [9.17, 15) is 4.79 Å². The quantitative estimate of drug-likeness (QED) is 0.632. The molecule has 6 nitrogen and oxygen atoms in total. The second-order valence-electron chi connectivity index (χ2n) is 9.79. The standard InChI is InChI=1S/C26H36N4O2/c1-18(2)24-15-22(16-25-27-28-26(32-25)21-8-6-5-7-9-21)19(3)14-23(24)17-29-10-12-30(13-11-29)20(4)31/h5-9,14,18,22-24H,10-13,15-17H2,1-4H3. The smallest absolute Gasteiger partial charge is 0.247 e. The van der Waals surface area contributed by atoms with Crippen molar-refractivity contribution in [2.45, 2.75) is 40.5 Å². The van der Waals surface area contributed by atoms with Crippen molar-refractivity contribution in [1.29, 1.82) is 0 Å². The summed E-state index contributed by atoms with van der Waals surface area (Å²) >= 11 is 0. The van der Waals surface area contributed by atoms with Crippen LogP contribution < -0.4 is 0 Å². The van der Waals surface area contributed by atoms with E-state index in [2.05, 4.69) is 41.9 Å². The third-order valence-corrected chi connectivity index (χ3v) is 7.28. The van der Waals surface area contributed by atoms with Crippen molar-refractivity contribution in [2.24, 2.45) is 23.7 Å². The van der Waals surface area contributed by atoms with Crippen LogP contribution in [0.25, 0.3) is 11.5 Å². The summed E-state index contributed by atoms with van der Waals surface area (Å²) in [5.74, 6) is 3.76. The molecule has 32 heavy (non-hydrogen) atoms. The number of carbonyl (C=O) groups excluding carboxylic acids is 1. The summed E-state index contributed by atoms with van der Waals surface area (Å²) in [4.78, 5) is 16.1. The van der Waals surface area contributed by atoms with Gasteiger partial charge in [-0.15, -0.1) is 10.2 Å². The lowest BCUT2D eigenvalue weighted by Crippen LogP contribution is -2.50. The molecule has 1 aliphatic heterocycles. The Morgan fingerprint density at radius 1 is 1.12 bits per heavy atom. The maximum absolute atomic E-state index is 11.6. The minimum absolute atomic E-state index is 0.192. The van der Waals surface area contributed by atoms with E-state index in [1.165, 1.54) is 5.57 Å². The summed E-state index contributed by atoms with van der Waals surface area (Å²) in [6.45, 7) is 13.3. The predicted octanol–water partition coefficient (Wildman–Crippen LogP) is 4.30. The number of rotatable bonds is 6. The molecule has 4 rings (SSSR count). The second-order valence-corrected chi connectivity index (χ2v) is 9.79. The molecular weight excluding hydrogens is 400 g/mol. The van der Waals surface area contributed by atoms with Crippen molar-refractivity contribution < 1.29 is 9.21 Å². The number of carbonyl (C=O) groups is 1. The number of hydrogen-bond acceptors (Lipinski definition) is 5. The molecule has 1 aliphatic carbocycles. The molecule has 1 aromatic carbocycles. The Balaban J connectivity index is 1.41. The Bertz CT molecular complexity index is 928. The highest BCUT2D eigenvalue weighted by Crippen LogP contribution is 2.39. The number of hydrogen-bond donors (Lipinski definition) is 0. The number of benzene rings is 1. The highest BCUT2D eigenvalue weighted by Gasteiger charge is 2.34. The number of nitrogens with zero attached hydrogens (tertiary/aromatic N) is 4. The summed E-state index contributed by atoms with van der Waals surface area (Å²) < 4.78 is 6.00. The van der Waals surface area contributed by atoms with E-state index in [0.29, 0.717) is 29.6 Å². The lowest BCUT2D eigenvalue weighted by molar-refractivity contribution is -0.130. The fraction of sp³-hybridized carbons (Fsp3) is 0.577. The van der Waals surface area contributed by atoms with Gasteiger partial charge in [0.2, 0.25) is 17.7 Å². The number of allylic oxidation sites excluding steroid dienone is 1. The molecule has 172 valence electrons. The number of amides is 1. The van der Waals surface area contributed by atoms with Crippen LogP contribution in [0, 0.1) is 23.7 Å². The van der Waals surface area contributed by atoms with Crippen molar-refractivity contribution in [2.75, 3.05) is 32.7 Å². The molecule has 6 heteroatoms. The molecule has 2 heterocycles. The zero-order chi connectivity index (χ0) is 22.7. The molecule has 1 amide bonds. The van der Waals surface area contributed by atoms with Crippen LogP contribution in [-0.2, 0) is 11.2 Å². The zero-order valence-electron chi connectivity index (χ0n) is 19.8. The van der Waals surface area contributed by atoms with E-state index in [4.69, 9.17) is 4.42 Å². The SMILES string of the molecule is CC(=O)N1CCN(CC2C=C(C)C(Cc3nnc(-c4ccccc4)o3)CC2C(C)C)CC1. The first-order chi connectivity index (χ1) is 15.4. The molecule has 2 aliphatic rings. The van der Waals surface area contributed by atoms with Gasteiger partial charge in [0.25, 0.3) is 0 Å². The van der Waals surface area contributed by atoms with E-state index in [-0.39, 0.29) is 5.91 Å². The molecule has 1 aromatic heterocycles. The van der Waals surface area contributed by atoms with Gasteiger partial charge >= 0.3 is 0 Å². The van der Waals surface area contributed by atoms with Crippen LogP contribution in [0.15, 0.2) is 46.4 Å². The first kappa shape index (κ1) is 22.7. The fourth-order valence-electron chi connectivity index (χ4n) is 5.27. The molecule has 3 atom stereocenters. The van der Waals surface area contributed by atoms with E-state index in [1.807, 2.05) is 35.2 Å². The molecule has 1 fully saturated rings.